The maximum atomic E-state index is 12.9. The van der Waals surface area contributed by atoms with E-state index in [2.05, 4.69) is 5.10 Å². The molecule has 0 radical (unpaired) electrons. The summed E-state index contributed by atoms with van der Waals surface area (Å²) >= 11 is 0. The standard InChI is InChI=1S/C10H11F2N3/c1-7-5-14-15(6-7)9(2-3-13)8-4-10(8,11)12/h5-6,8-9H,2,4H2,1H3. The number of nitrogens with zero attached hydrogens (tertiary/aromatic N) is 3. The van der Waals surface area contributed by atoms with Crippen LogP contribution in [0.1, 0.15) is 24.4 Å². The molecule has 5 heteroatoms. The summed E-state index contributed by atoms with van der Waals surface area (Å²) in [5, 5.41) is 12.6. The van der Waals surface area contributed by atoms with Crippen LogP contribution in [0.3, 0.4) is 0 Å². The quantitative estimate of drug-likeness (QED) is 0.769. The Bertz CT molecular complexity index is 405. The van der Waals surface area contributed by atoms with Gasteiger partial charge in [0.2, 0.25) is 0 Å². The van der Waals surface area contributed by atoms with Gasteiger partial charge in [0.05, 0.1) is 30.6 Å². The lowest BCUT2D eigenvalue weighted by atomic mass is 10.1. The van der Waals surface area contributed by atoms with E-state index in [1.807, 2.05) is 13.0 Å². The fourth-order valence-corrected chi connectivity index (χ4v) is 1.78. The van der Waals surface area contributed by atoms with Crippen molar-refractivity contribution in [2.75, 3.05) is 0 Å². The zero-order chi connectivity index (χ0) is 11.1. The molecule has 0 spiro atoms. The molecule has 15 heavy (non-hydrogen) atoms. The van der Waals surface area contributed by atoms with Gasteiger partial charge >= 0.3 is 0 Å². The van der Waals surface area contributed by atoms with Crippen molar-refractivity contribution in [3.63, 3.8) is 0 Å². The van der Waals surface area contributed by atoms with Gasteiger partial charge in [0.15, 0.2) is 0 Å². The largest absolute Gasteiger partial charge is 0.268 e. The molecule has 2 unspecified atom stereocenters. The monoisotopic (exact) mass is 211 g/mol. The first-order chi connectivity index (χ1) is 7.04. The number of halogens is 2. The molecule has 0 aromatic carbocycles. The second-order valence-corrected chi connectivity index (χ2v) is 4.00. The van der Waals surface area contributed by atoms with Crippen LogP contribution in [0.25, 0.3) is 0 Å². The lowest BCUT2D eigenvalue weighted by Crippen LogP contribution is -2.15. The summed E-state index contributed by atoms with van der Waals surface area (Å²) in [6.45, 7) is 1.85. The minimum absolute atomic E-state index is 0.0847. The zero-order valence-corrected chi connectivity index (χ0v) is 8.32. The Morgan fingerprint density at radius 2 is 2.47 bits per heavy atom. The Hall–Kier alpha value is -1.44. The highest BCUT2D eigenvalue weighted by molar-refractivity contribution is 5.07. The fourth-order valence-electron chi connectivity index (χ4n) is 1.78. The fraction of sp³-hybridized carbons (Fsp3) is 0.600. The molecule has 2 rings (SSSR count). The molecular formula is C10H11F2N3. The van der Waals surface area contributed by atoms with Crippen molar-refractivity contribution in [2.24, 2.45) is 5.92 Å². The van der Waals surface area contributed by atoms with Crippen LogP contribution in [0.5, 0.6) is 0 Å². The highest BCUT2D eigenvalue weighted by atomic mass is 19.3. The number of rotatable bonds is 3. The topological polar surface area (TPSA) is 41.6 Å². The van der Waals surface area contributed by atoms with Crippen molar-refractivity contribution >= 4 is 0 Å². The summed E-state index contributed by atoms with van der Waals surface area (Å²) in [5.74, 6) is -3.34. The van der Waals surface area contributed by atoms with Gasteiger partial charge in [0, 0.05) is 12.6 Å². The van der Waals surface area contributed by atoms with Gasteiger partial charge in [-0.1, -0.05) is 0 Å². The van der Waals surface area contributed by atoms with Crippen LogP contribution < -0.4 is 0 Å². The number of aryl methyl sites for hydroxylation is 1. The van der Waals surface area contributed by atoms with E-state index in [9.17, 15) is 8.78 Å². The lowest BCUT2D eigenvalue weighted by Gasteiger charge is -2.13. The average Bonchev–Trinajstić information content (AvgIpc) is 2.59. The highest BCUT2D eigenvalue weighted by Gasteiger charge is 2.61. The molecule has 1 fully saturated rings. The molecule has 1 heterocycles. The highest BCUT2D eigenvalue weighted by Crippen LogP contribution is 2.55. The van der Waals surface area contributed by atoms with Crippen molar-refractivity contribution in [1.82, 2.24) is 9.78 Å². The van der Waals surface area contributed by atoms with Gasteiger partial charge < -0.3 is 0 Å². The van der Waals surface area contributed by atoms with Crippen LogP contribution >= 0.6 is 0 Å². The summed E-state index contributed by atoms with van der Waals surface area (Å²) in [4.78, 5) is 0. The van der Waals surface area contributed by atoms with Gasteiger partial charge in [-0.05, 0) is 12.5 Å². The summed E-state index contributed by atoms with van der Waals surface area (Å²) < 4.78 is 27.3. The van der Waals surface area contributed by atoms with E-state index < -0.39 is 17.9 Å². The molecule has 0 bridgehead atoms. The number of alkyl halides is 2. The van der Waals surface area contributed by atoms with Crippen LogP contribution in [0.2, 0.25) is 0 Å². The Labute approximate surface area is 86.3 Å². The Morgan fingerprint density at radius 1 is 1.80 bits per heavy atom. The van der Waals surface area contributed by atoms with Crippen LogP contribution in [-0.4, -0.2) is 15.7 Å². The number of hydrogen-bond acceptors (Lipinski definition) is 2. The van der Waals surface area contributed by atoms with Gasteiger partial charge in [-0.3, -0.25) is 4.68 Å². The molecule has 1 aromatic heterocycles. The second-order valence-electron chi connectivity index (χ2n) is 4.00. The first kappa shape index (κ1) is 10.1. The SMILES string of the molecule is Cc1cnn(C(CC#N)C2CC2(F)F)c1. The van der Waals surface area contributed by atoms with Crippen molar-refractivity contribution in [3.05, 3.63) is 18.0 Å². The minimum atomic E-state index is -2.61. The minimum Gasteiger partial charge on any atom is -0.268 e. The number of nitriles is 1. The third-order valence-electron chi connectivity index (χ3n) is 2.71. The van der Waals surface area contributed by atoms with Gasteiger partial charge in [0.1, 0.15) is 0 Å². The number of hydrogen-bond donors (Lipinski definition) is 0. The van der Waals surface area contributed by atoms with Gasteiger partial charge in [-0.25, -0.2) is 8.78 Å². The van der Waals surface area contributed by atoms with Crippen LogP contribution in [0, 0.1) is 24.2 Å². The molecule has 1 aliphatic carbocycles. The van der Waals surface area contributed by atoms with Crippen LogP contribution in [0.4, 0.5) is 8.78 Å². The maximum absolute atomic E-state index is 12.9. The first-order valence-corrected chi connectivity index (χ1v) is 4.80. The van der Waals surface area contributed by atoms with Crippen LogP contribution in [-0.2, 0) is 0 Å². The third kappa shape index (κ3) is 1.84. The molecule has 1 saturated carbocycles. The van der Waals surface area contributed by atoms with E-state index in [1.54, 1.807) is 12.4 Å². The van der Waals surface area contributed by atoms with E-state index in [-0.39, 0.29) is 12.8 Å². The lowest BCUT2D eigenvalue weighted by molar-refractivity contribution is 0.0847. The van der Waals surface area contributed by atoms with Crippen molar-refractivity contribution in [3.8, 4) is 6.07 Å². The summed E-state index contributed by atoms with van der Waals surface area (Å²) in [6.07, 6.45) is 3.28. The Kier molecular flexibility index (Phi) is 2.22. The normalized spacial score (nSPS) is 24.5. The van der Waals surface area contributed by atoms with Crippen molar-refractivity contribution in [1.29, 1.82) is 5.26 Å². The third-order valence-corrected chi connectivity index (χ3v) is 2.71. The Balaban J connectivity index is 2.18. The van der Waals surface area contributed by atoms with Crippen LogP contribution in [0.15, 0.2) is 12.4 Å². The van der Waals surface area contributed by atoms with E-state index in [4.69, 9.17) is 5.26 Å². The molecule has 0 N–H and O–H groups in total. The Morgan fingerprint density at radius 3 is 2.87 bits per heavy atom. The molecular weight excluding hydrogens is 200 g/mol. The van der Waals surface area contributed by atoms with Crippen molar-refractivity contribution < 1.29 is 8.78 Å². The van der Waals surface area contributed by atoms with E-state index in [0.29, 0.717) is 0 Å². The molecule has 1 aromatic rings. The molecule has 0 amide bonds. The first-order valence-electron chi connectivity index (χ1n) is 4.80. The zero-order valence-electron chi connectivity index (χ0n) is 8.32. The predicted molar refractivity (Wildman–Crippen MR) is 49.3 cm³/mol. The van der Waals surface area contributed by atoms with E-state index >= 15 is 0 Å². The molecule has 1 aliphatic rings. The summed E-state index contributed by atoms with van der Waals surface area (Å²) in [5.41, 5.74) is 0.918. The van der Waals surface area contributed by atoms with E-state index in [1.165, 1.54) is 4.68 Å². The van der Waals surface area contributed by atoms with Gasteiger partial charge in [-0.2, -0.15) is 10.4 Å². The molecule has 0 saturated heterocycles. The van der Waals surface area contributed by atoms with Crippen molar-refractivity contribution in [2.45, 2.75) is 31.7 Å². The molecule has 2 atom stereocenters. The smallest absolute Gasteiger partial charge is 0.253 e. The average molecular weight is 211 g/mol. The number of aromatic nitrogens is 2. The summed E-state index contributed by atoms with van der Waals surface area (Å²) in [7, 11) is 0. The molecule has 0 aliphatic heterocycles. The molecule has 3 nitrogen and oxygen atoms in total. The second kappa shape index (κ2) is 3.30. The summed E-state index contributed by atoms with van der Waals surface area (Å²) in [6, 6.07) is 1.45. The van der Waals surface area contributed by atoms with Gasteiger partial charge in [0.25, 0.3) is 5.92 Å². The molecule has 80 valence electrons. The predicted octanol–water partition coefficient (Wildman–Crippen LogP) is 2.30. The van der Waals surface area contributed by atoms with Gasteiger partial charge in [-0.15, -0.1) is 0 Å². The maximum Gasteiger partial charge on any atom is 0.253 e. The van der Waals surface area contributed by atoms with E-state index in [0.717, 1.165) is 5.56 Å².